The molecule has 3 N–H and O–H groups in total. The predicted octanol–water partition coefficient (Wildman–Crippen LogP) is 2.84. The monoisotopic (exact) mass is 285 g/mol. The van der Waals surface area contributed by atoms with Gasteiger partial charge < -0.3 is 15.8 Å². The highest BCUT2D eigenvalue weighted by molar-refractivity contribution is 5.96. The van der Waals surface area contributed by atoms with Gasteiger partial charge in [-0.3, -0.25) is 4.98 Å². The standard InChI is InChI=1S/C16H19N3O2/c1-11(2)21-16(20)14-8-13(17)5-6-15(14)19-10-12-4-3-7-18-9-12/h3-9,11,19H,10,17H2,1-2H3. The lowest BCUT2D eigenvalue weighted by Crippen LogP contribution is -2.14. The molecule has 21 heavy (non-hydrogen) atoms. The number of esters is 1. The van der Waals surface area contributed by atoms with Gasteiger partial charge in [0, 0.05) is 30.3 Å². The van der Waals surface area contributed by atoms with Gasteiger partial charge in [0.2, 0.25) is 0 Å². The first-order valence-corrected chi connectivity index (χ1v) is 6.79. The van der Waals surface area contributed by atoms with Crippen LogP contribution in [0.1, 0.15) is 29.8 Å². The predicted molar refractivity (Wildman–Crippen MR) is 83.0 cm³/mol. The molecule has 0 bridgehead atoms. The number of hydrogen-bond acceptors (Lipinski definition) is 5. The average Bonchev–Trinajstić information content (AvgIpc) is 2.46. The number of benzene rings is 1. The Bertz CT molecular complexity index is 612. The number of nitrogen functional groups attached to an aromatic ring is 1. The molecule has 0 fully saturated rings. The maximum atomic E-state index is 12.1. The van der Waals surface area contributed by atoms with Crippen LogP contribution in [0.5, 0.6) is 0 Å². The van der Waals surface area contributed by atoms with Crippen molar-refractivity contribution < 1.29 is 9.53 Å². The fraction of sp³-hybridized carbons (Fsp3) is 0.250. The summed E-state index contributed by atoms with van der Waals surface area (Å²) in [4.78, 5) is 16.2. The Morgan fingerprint density at radius 1 is 1.38 bits per heavy atom. The average molecular weight is 285 g/mol. The Morgan fingerprint density at radius 2 is 2.19 bits per heavy atom. The van der Waals surface area contributed by atoms with Gasteiger partial charge in [-0.2, -0.15) is 0 Å². The second-order valence-corrected chi connectivity index (χ2v) is 4.97. The van der Waals surface area contributed by atoms with E-state index in [4.69, 9.17) is 10.5 Å². The second-order valence-electron chi connectivity index (χ2n) is 4.97. The molecule has 1 aromatic carbocycles. The number of nitrogens with one attached hydrogen (secondary N) is 1. The number of carbonyl (C=O) groups excluding carboxylic acids is 1. The van der Waals surface area contributed by atoms with Crippen LogP contribution in [-0.4, -0.2) is 17.1 Å². The van der Waals surface area contributed by atoms with E-state index >= 15 is 0 Å². The van der Waals surface area contributed by atoms with Gasteiger partial charge in [-0.15, -0.1) is 0 Å². The normalized spacial score (nSPS) is 10.4. The number of nitrogens with zero attached hydrogens (tertiary/aromatic N) is 1. The summed E-state index contributed by atoms with van der Waals surface area (Å²) < 4.78 is 5.24. The van der Waals surface area contributed by atoms with Crippen LogP contribution in [-0.2, 0) is 11.3 Å². The Kier molecular flexibility index (Phi) is 4.77. The van der Waals surface area contributed by atoms with Gasteiger partial charge in [-0.1, -0.05) is 6.07 Å². The highest BCUT2D eigenvalue weighted by Crippen LogP contribution is 2.21. The van der Waals surface area contributed by atoms with Crippen molar-refractivity contribution >= 4 is 17.3 Å². The Labute approximate surface area is 124 Å². The molecule has 0 saturated heterocycles. The van der Waals surface area contributed by atoms with Gasteiger partial charge in [0.1, 0.15) is 0 Å². The van der Waals surface area contributed by atoms with Crippen LogP contribution < -0.4 is 11.1 Å². The largest absolute Gasteiger partial charge is 0.459 e. The molecule has 5 nitrogen and oxygen atoms in total. The van der Waals surface area contributed by atoms with Crippen molar-refractivity contribution in [1.29, 1.82) is 0 Å². The minimum Gasteiger partial charge on any atom is -0.459 e. The van der Waals surface area contributed by atoms with E-state index in [0.717, 1.165) is 5.56 Å². The van der Waals surface area contributed by atoms with Crippen LogP contribution >= 0.6 is 0 Å². The van der Waals surface area contributed by atoms with Crippen molar-refractivity contribution in [2.24, 2.45) is 0 Å². The van der Waals surface area contributed by atoms with E-state index in [1.165, 1.54) is 0 Å². The fourth-order valence-electron chi connectivity index (χ4n) is 1.86. The van der Waals surface area contributed by atoms with E-state index < -0.39 is 0 Å². The summed E-state index contributed by atoms with van der Waals surface area (Å²) >= 11 is 0. The molecule has 2 aromatic rings. The first kappa shape index (κ1) is 14.8. The topological polar surface area (TPSA) is 77.2 Å². The quantitative estimate of drug-likeness (QED) is 0.652. The summed E-state index contributed by atoms with van der Waals surface area (Å²) in [5, 5.41) is 3.21. The minimum atomic E-state index is -0.383. The van der Waals surface area contributed by atoms with E-state index in [1.54, 1.807) is 30.6 Å². The van der Waals surface area contributed by atoms with Crippen molar-refractivity contribution in [2.75, 3.05) is 11.1 Å². The SMILES string of the molecule is CC(C)OC(=O)c1cc(N)ccc1NCc1cccnc1. The molecule has 0 aliphatic rings. The van der Waals surface area contributed by atoms with Gasteiger partial charge in [0.05, 0.1) is 11.7 Å². The lowest BCUT2D eigenvalue weighted by molar-refractivity contribution is 0.0379. The molecule has 1 aromatic heterocycles. The number of aromatic nitrogens is 1. The third-order valence-corrected chi connectivity index (χ3v) is 2.81. The third kappa shape index (κ3) is 4.21. The van der Waals surface area contributed by atoms with E-state index in [0.29, 0.717) is 23.5 Å². The van der Waals surface area contributed by atoms with Crippen LogP contribution in [0.2, 0.25) is 0 Å². The van der Waals surface area contributed by atoms with Crippen molar-refractivity contribution in [1.82, 2.24) is 4.98 Å². The molecule has 0 radical (unpaired) electrons. The van der Waals surface area contributed by atoms with Gasteiger partial charge in [-0.25, -0.2) is 4.79 Å². The highest BCUT2D eigenvalue weighted by Gasteiger charge is 2.14. The maximum absolute atomic E-state index is 12.1. The van der Waals surface area contributed by atoms with Crippen LogP contribution in [0, 0.1) is 0 Å². The molecular formula is C16H19N3O2. The van der Waals surface area contributed by atoms with Gasteiger partial charge in [0.25, 0.3) is 0 Å². The Balaban J connectivity index is 2.17. The van der Waals surface area contributed by atoms with E-state index in [-0.39, 0.29) is 12.1 Å². The summed E-state index contributed by atoms with van der Waals surface area (Å²) in [5.41, 5.74) is 8.44. The molecule has 0 spiro atoms. The third-order valence-electron chi connectivity index (χ3n) is 2.81. The van der Waals surface area contributed by atoms with Crippen molar-refractivity contribution in [3.63, 3.8) is 0 Å². The Hall–Kier alpha value is -2.56. The number of carbonyl (C=O) groups is 1. The van der Waals surface area contributed by atoms with Crippen LogP contribution in [0.4, 0.5) is 11.4 Å². The molecule has 1 heterocycles. The summed E-state index contributed by atoms with van der Waals surface area (Å²) in [7, 11) is 0. The van der Waals surface area contributed by atoms with Crippen molar-refractivity contribution in [3.05, 3.63) is 53.9 Å². The number of rotatable bonds is 5. The smallest absolute Gasteiger partial charge is 0.340 e. The number of anilines is 2. The van der Waals surface area contributed by atoms with Gasteiger partial charge in [0.15, 0.2) is 0 Å². The summed E-state index contributed by atoms with van der Waals surface area (Å²) in [6, 6.07) is 8.98. The van der Waals surface area contributed by atoms with Crippen molar-refractivity contribution in [3.8, 4) is 0 Å². The van der Waals surface area contributed by atoms with Crippen LogP contribution in [0.15, 0.2) is 42.7 Å². The first-order valence-electron chi connectivity index (χ1n) is 6.79. The van der Waals surface area contributed by atoms with Gasteiger partial charge in [-0.05, 0) is 43.7 Å². The summed E-state index contributed by atoms with van der Waals surface area (Å²) in [5.74, 6) is -0.383. The molecule has 110 valence electrons. The van der Waals surface area contributed by atoms with E-state index in [1.807, 2.05) is 26.0 Å². The number of hydrogen-bond donors (Lipinski definition) is 2. The Morgan fingerprint density at radius 3 is 2.86 bits per heavy atom. The zero-order valence-electron chi connectivity index (χ0n) is 12.2. The summed E-state index contributed by atoms with van der Waals surface area (Å²) in [6.07, 6.45) is 3.32. The molecule has 2 rings (SSSR count). The molecule has 0 aliphatic carbocycles. The molecule has 0 aliphatic heterocycles. The zero-order valence-corrected chi connectivity index (χ0v) is 12.2. The van der Waals surface area contributed by atoms with E-state index in [9.17, 15) is 4.79 Å². The number of nitrogens with two attached hydrogens (primary N) is 1. The molecule has 5 heteroatoms. The molecular weight excluding hydrogens is 266 g/mol. The first-order chi connectivity index (χ1) is 10.1. The second kappa shape index (κ2) is 6.74. The number of pyridine rings is 1. The van der Waals surface area contributed by atoms with Gasteiger partial charge >= 0.3 is 5.97 Å². The van der Waals surface area contributed by atoms with Crippen LogP contribution in [0.25, 0.3) is 0 Å². The lowest BCUT2D eigenvalue weighted by Gasteiger charge is -2.14. The zero-order chi connectivity index (χ0) is 15.2. The summed E-state index contributed by atoms with van der Waals surface area (Å²) in [6.45, 7) is 4.19. The van der Waals surface area contributed by atoms with Crippen molar-refractivity contribution in [2.45, 2.75) is 26.5 Å². The lowest BCUT2D eigenvalue weighted by atomic mass is 10.1. The van der Waals surface area contributed by atoms with E-state index in [2.05, 4.69) is 10.3 Å². The molecule has 0 amide bonds. The fourth-order valence-corrected chi connectivity index (χ4v) is 1.86. The van der Waals surface area contributed by atoms with Crippen LogP contribution in [0.3, 0.4) is 0 Å². The number of ether oxygens (including phenoxy) is 1. The minimum absolute atomic E-state index is 0.176. The molecule has 0 atom stereocenters. The highest BCUT2D eigenvalue weighted by atomic mass is 16.5. The maximum Gasteiger partial charge on any atom is 0.340 e. The molecule has 0 saturated carbocycles. The molecule has 0 unspecified atom stereocenters.